The molecule has 0 spiro atoms. The van der Waals surface area contributed by atoms with Gasteiger partial charge in [0.2, 0.25) is 5.43 Å². The molecule has 0 radical (unpaired) electrons. The number of urea groups is 1. The average Bonchev–Trinajstić information content (AvgIpc) is 3.26. The maximum absolute atomic E-state index is 13.1. The first-order valence-corrected chi connectivity index (χ1v) is 12.2. The third kappa shape index (κ3) is 6.39. The molecule has 0 aliphatic carbocycles. The standard InChI is InChI=1S/C24H28N4O7S/c1-4-14-8-15-19(34-10-16(20(15)29)22-27-12(2)11-36-22)9-18(14)35-13(3)21(30)28-17(23(31)32)6-5-7-26-24(25)33/h8-11,13,17H,4-7H2,1-3H3,(H,28,30)(H,31,32)(H3,25,26,33)/t13-,17-/m0/s1. The molecule has 5 N–H and O–H groups in total. The minimum Gasteiger partial charge on any atom is -0.480 e. The molecule has 0 saturated heterocycles. The molecule has 36 heavy (non-hydrogen) atoms. The Morgan fingerprint density at radius 2 is 2.06 bits per heavy atom. The number of nitrogens with zero attached hydrogens (tertiary/aromatic N) is 1. The first kappa shape index (κ1) is 26.7. The van der Waals surface area contributed by atoms with Gasteiger partial charge in [0.05, 0.1) is 10.9 Å². The lowest BCUT2D eigenvalue weighted by Gasteiger charge is -2.20. The Hall–Kier alpha value is -3.93. The summed E-state index contributed by atoms with van der Waals surface area (Å²) in [5.41, 5.74) is 6.94. The highest BCUT2D eigenvalue weighted by molar-refractivity contribution is 7.13. The van der Waals surface area contributed by atoms with E-state index in [0.29, 0.717) is 45.7 Å². The topological polar surface area (TPSA) is 174 Å². The number of ether oxygens (including phenoxy) is 1. The van der Waals surface area contributed by atoms with E-state index in [2.05, 4.69) is 15.6 Å². The molecule has 0 bridgehead atoms. The number of aryl methyl sites for hydroxylation is 2. The van der Waals surface area contributed by atoms with Crippen molar-refractivity contribution in [3.05, 3.63) is 45.3 Å². The van der Waals surface area contributed by atoms with Crippen molar-refractivity contribution in [2.75, 3.05) is 6.54 Å². The molecule has 3 amide bonds. The van der Waals surface area contributed by atoms with E-state index < -0.39 is 30.1 Å². The van der Waals surface area contributed by atoms with Crippen molar-refractivity contribution >= 4 is 40.2 Å². The Labute approximate surface area is 210 Å². The van der Waals surface area contributed by atoms with Crippen LogP contribution in [-0.2, 0) is 16.0 Å². The number of hydrogen-bond acceptors (Lipinski definition) is 8. The molecule has 1 aromatic carbocycles. The Morgan fingerprint density at radius 3 is 2.67 bits per heavy atom. The van der Waals surface area contributed by atoms with Gasteiger partial charge in [0.15, 0.2) is 6.10 Å². The zero-order chi connectivity index (χ0) is 26.4. The maximum atomic E-state index is 13.1. The van der Waals surface area contributed by atoms with E-state index in [1.807, 2.05) is 19.2 Å². The Kier molecular flexibility index (Phi) is 8.64. The maximum Gasteiger partial charge on any atom is 0.326 e. The summed E-state index contributed by atoms with van der Waals surface area (Å²) in [6, 6.07) is 1.36. The highest BCUT2D eigenvalue weighted by atomic mass is 32.1. The van der Waals surface area contributed by atoms with Gasteiger partial charge in [0.1, 0.15) is 28.6 Å². The quantitative estimate of drug-likeness (QED) is 0.281. The third-order valence-corrected chi connectivity index (χ3v) is 6.44. The van der Waals surface area contributed by atoms with Crippen LogP contribution in [0.1, 0.15) is 37.9 Å². The van der Waals surface area contributed by atoms with E-state index in [4.69, 9.17) is 14.9 Å². The van der Waals surface area contributed by atoms with Crippen LogP contribution in [0, 0.1) is 6.92 Å². The minimum absolute atomic E-state index is 0.0936. The van der Waals surface area contributed by atoms with Gasteiger partial charge in [0.25, 0.3) is 5.91 Å². The van der Waals surface area contributed by atoms with Crippen molar-refractivity contribution in [1.82, 2.24) is 15.6 Å². The normalized spacial score (nSPS) is 12.6. The molecular weight excluding hydrogens is 488 g/mol. The number of carboxylic acids is 1. The minimum atomic E-state index is -1.21. The molecule has 0 unspecified atom stereocenters. The number of carbonyl (C=O) groups excluding carboxylic acids is 2. The number of nitrogens with two attached hydrogens (primary N) is 1. The number of primary amides is 1. The SMILES string of the molecule is CCc1cc2c(=O)c(-c3nc(C)cs3)coc2cc1O[C@@H](C)C(=O)N[C@@H](CCCNC(N)=O)C(=O)O. The van der Waals surface area contributed by atoms with Crippen LogP contribution < -0.4 is 26.5 Å². The highest BCUT2D eigenvalue weighted by Gasteiger charge is 2.25. The molecule has 2 heterocycles. The van der Waals surface area contributed by atoms with Crippen molar-refractivity contribution < 1.29 is 28.6 Å². The third-order valence-electron chi connectivity index (χ3n) is 5.44. The zero-order valence-corrected chi connectivity index (χ0v) is 20.9. The number of thiazole rings is 1. The number of carbonyl (C=O) groups is 3. The first-order chi connectivity index (χ1) is 17.1. The van der Waals surface area contributed by atoms with Crippen molar-refractivity contribution in [2.24, 2.45) is 5.73 Å². The van der Waals surface area contributed by atoms with Crippen LogP contribution in [0.2, 0.25) is 0 Å². The second-order valence-electron chi connectivity index (χ2n) is 8.17. The fraction of sp³-hybridized carbons (Fsp3) is 0.375. The van der Waals surface area contributed by atoms with Gasteiger partial charge < -0.3 is 30.6 Å². The largest absolute Gasteiger partial charge is 0.480 e. The van der Waals surface area contributed by atoms with Crippen LogP contribution in [0.3, 0.4) is 0 Å². The van der Waals surface area contributed by atoms with Crippen molar-refractivity contribution in [3.63, 3.8) is 0 Å². The van der Waals surface area contributed by atoms with Gasteiger partial charge in [-0.15, -0.1) is 11.3 Å². The molecule has 0 fully saturated rings. The fourth-order valence-electron chi connectivity index (χ4n) is 3.52. The monoisotopic (exact) mass is 516 g/mol. The van der Waals surface area contributed by atoms with Gasteiger partial charge in [0, 0.05) is 23.7 Å². The highest BCUT2D eigenvalue weighted by Crippen LogP contribution is 2.29. The molecule has 0 aliphatic rings. The van der Waals surface area contributed by atoms with E-state index in [9.17, 15) is 24.3 Å². The summed E-state index contributed by atoms with van der Waals surface area (Å²) in [7, 11) is 0. The molecular formula is C24H28N4O7S. The van der Waals surface area contributed by atoms with Gasteiger partial charge in [-0.05, 0) is 44.7 Å². The number of fused-ring (bicyclic) bond motifs is 1. The summed E-state index contributed by atoms with van der Waals surface area (Å²) < 4.78 is 11.6. The number of nitrogens with one attached hydrogen (secondary N) is 2. The molecule has 0 saturated carbocycles. The zero-order valence-electron chi connectivity index (χ0n) is 20.1. The van der Waals surface area contributed by atoms with Crippen LogP contribution in [0.4, 0.5) is 4.79 Å². The van der Waals surface area contributed by atoms with Gasteiger partial charge in [-0.3, -0.25) is 9.59 Å². The summed E-state index contributed by atoms with van der Waals surface area (Å²) in [4.78, 5) is 52.4. The summed E-state index contributed by atoms with van der Waals surface area (Å²) in [6.07, 6.45) is 1.25. The Balaban J connectivity index is 1.77. The molecule has 11 nitrogen and oxygen atoms in total. The van der Waals surface area contributed by atoms with Gasteiger partial charge in [-0.25, -0.2) is 14.6 Å². The summed E-state index contributed by atoms with van der Waals surface area (Å²) in [5, 5.41) is 17.0. The number of aliphatic carboxylic acids is 1. The summed E-state index contributed by atoms with van der Waals surface area (Å²) in [6.45, 7) is 5.41. The van der Waals surface area contributed by atoms with Crippen LogP contribution in [0.25, 0.3) is 21.5 Å². The Bertz CT molecular complexity index is 1330. The van der Waals surface area contributed by atoms with E-state index in [-0.39, 0.29) is 18.4 Å². The van der Waals surface area contributed by atoms with Crippen molar-refractivity contribution in [3.8, 4) is 16.3 Å². The predicted molar refractivity (Wildman–Crippen MR) is 134 cm³/mol. The van der Waals surface area contributed by atoms with Crippen LogP contribution in [0.15, 0.2) is 33.0 Å². The number of aromatic nitrogens is 1. The Morgan fingerprint density at radius 1 is 1.31 bits per heavy atom. The van der Waals surface area contributed by atoms with E-state index in [1.54, 1.807) is 12.1 Å². The predicted octanol–water partition coefficient (Wildman–Crippen LogP) is 2.57. The summed E-state index contributed by atoms with van der Waals surface area (Å²) in [5.74, 6) is -1.47. The van der Waals surface area contributed by atoms with Crippen LogP contribution in [-0.4, -0.2) is 46.7 Å². The second-order valence-corrected chi connectivity index (χ2v) is 9.03. The number of amides is 3. The molecule has 2 aromatic heterocycles. The molecule has 12 heteroatoms. The molecule has 2 atom stereocenters. The second kappa shape index (κ2) is 11.7. The lowest BCUT2D eigenvalue weighted by Crippen LogP contribution is -2.46. The average molecular weight is 517 g/mol. The fourth-order valence-corrected chi connectivity index (χ4v) is 4.32. The number of carboxylic acid groups (broad SMARTS) is 1. The number of benzene rings is 1. The molecule has 3 rings (SSSR count). The van der Waals surface area contributed by atoms with Crippen LogP contribution in [0.5, 0.6) is 5.75 Å². The lowest BCUT2D eigenvalue weighted by atomic mass is 10.1. The smallest absolute Gasteiger partial charge is 0.326 e. The van der Waals surface area contributed by atoms with E-state index >= 15 is 0 Å². The summed E-state index contributed by atoms with van der Waals surface area (Å²) >= 11 is 1.36. The molecule has 3 aromatic rings. The van der Waals surface area contributed by atoms with Crippen LogP contribution >= 0.6 is 11.3 Å². The van der Waals surface area contributed by atoms with Gasteiger partial charge in [-0.1, -0.05) is 6.92 Å². The lowest BCUT2D eigenvalue weighted by molar-refractivity contribution is -0.143. The van der Waals surface area contributed by atoms with Crippen molar-refractivity contribution in [2.45, 2.75) is 52.2 Å². The van der Waals surface area contributed by atoms with Gasteiger partial charge in [-0.2, -0.15) is 0 Å². The number of rotatable bonds is 11. The first-order valence-electron chi connectivity index (χ1n) is 11.3. The van der Waals surface area contributed by atoms with Gasteiger partial charge >= 0.3 is 12.0 Å². The molecule has 192 valence electrons. The molecule has 0 aliphatic heterocycles. The number of hydrogen-bond donors (Lipinski definition) is 4. The van der Waals surface area contributed by atoms with E-state index in [0.717, 1.165) is 5.69 Å². The van der Waals surface area contributed by atoms with E-state index in [1.165, 1.54) is 24.5 Å². The van der Waals surface area contributed by atoms with Crippen molar-refractivity contribution in [1.29, 1.82) is 0 Å².